The van der Waals surface area contributed by atoms with Gasteiger partial charge in [0.25, 0.3) is 0 Å². The van der Waals surface area contributed by atoms with Crippen molar-refractivity contribution in [3.8, 4) is 5.75 Å². The van der Waals surface area contributed by atoms with Gasteiger partial charge in [-0.1, -0.05) is 15.9 Å². The van der Waals surface area contributed by atoms with E-state index in [0.29, 0.717) is 24.5 Å². The van der Waals surface area contributed by atoms with Crippen molar-refractivity contribution in [2.45, 2.75) is 13.8 Å². The quantitative estimate of drug-likeness (QED) is 0.451. The number of benzene rings is 1. The molecule has 0 aliphatic carbocycles. The van der Waals surface area contributed by atoms with Gasteiger partial charge in [0.05, 0.1) is 12.1 Å². The summed E-state index contributed by atoms with van der Waals surface area (Å²) in [5, 5.41) is 0.739. The van der Waals surface area contributed by atoms with Gasteiger partial charge in [-0.2, -0.15) is 0 Å². The SMILES string of the molecule is CCOCOc1c(C(=O)OCC)cnc2cc(Br)ccc12. The molecule has 0 bridgehead atoms. The first kappa shape index (κ1) is 15.7. The molecular formula is C15H16BrNO4. The van der Waals surface area contributed by atoms with Gasteiger partial charge in [0, 0.05) is 22.7 Å². The van der Waals surface area contributed by atoms with Gasteiger partial charge in [0.2, 0.25) is 0 Å². The maximum Gasteiger partial charge on any atom is 0.343 e. The molecule has 5 nitrogen and oxygen atoms in total. The molecule has 0 saturated heterocycles. The smallest absolute Gasteiger partial charge is 0.343 e. The van der Waals surface area contributed by atoms with Crippen LogP contribution in [-0.2, 0) is 9.47 Å². The average Bonchev–Trinajstić information content (AvgIpc) is 2.47. The highest BCUT2D eigenvalue weighted by Gasteiger charge is 2.18. The van der Waals surface area contributed by atoms with Crippen LogP contribution < -0.4 is 4.74 Å². The van der Waals surface area contributed by atoms with E-state index in [-0.39, 0.29) is 6.79 Å². The van der Waals surface area contributed by atoms with E-state index in [2.05, 4.69) is 20.9 Å². The highest BCUT2D eigenvalue weighted by molar-refractivity contribution is 9.10. The third kappa shape index (κ3) is 3.71. The Morgan fingerprint density at radius 3 is 2.81 bits per heavy atom. The van der Waals surface area contributed by atoms with Crippen molar-refractivity contribution in [2.24, 2.45) is 0 Å². The van der Waals surface area contributed by atoms with Crippen molar-refractivity contribution >= 4 is 32.8 Å². The Morgan fingerprint density at radius 2 is 2.10 bits per heavy atom. The number of hydrogen-bond donors (Lipinski definition) is 0. The third-order valence-corrected chi connectivity index (χ3v) is 3.26. The molecule has 0 aliphatic rings. The van der Waals surface area contributed by atoms with Gasteiger partial charge in [-0.25, -0.2) is 4.79 Å². The van der Waals surface area contributed by atoms with Crippen LogP contribution in [0, 0.1) is 0 Å². The molecule has 1 aromatic carbocycles. The van der Waals surface area contributed by atoms with Crippen molar-refractivity contribution < 1.29 is 19.0 Å². The van der Waals surface area contributed by atoms with E-state index in [1.54, 1.807) is 6.92 Å². The Morgan fingerprint density at radius 1 is 1.29 bits per heavy atom. The molecule has 1 heterocycles. The van der Waals surface area contributed by atoms with E-state index in [1.165, 1.54) is 6.20 Å². The minimum absolute atomic E-state index is 0.0675. The fourth-order valence-corrected chi connectivity index (χ4v) is 2.18. The number of halogens is 1. The summed E-state index contributed by atoms with van der Waals surface area (Å²) in [5.41, 5.74) is 1.02. The van der Waals surface area contributed by atoms with Crippen LogP contribution in [0.25, 0.3) is 10.9 Å². The number of carbonyl (C=O) groups excluding carboxylic acids is 1. The number of hydrogen-bond acceptors (Lipinski definition) is 5. The molecule has 6 heteroatoms. The molecule has 0 spiro atoms. The van der Waals surface area contributed by atoms with Crippen molar-refractivity contribution in [3.05, 3.63) is 34.4 Å². The van der Waals surface area contributed by atoms with E-state index in [4.69, 9.17) is 14.2 Å². The summed E-state index contributed by atoms with van der Waals surface area (Å²) in [6.45, 7) is 4.52. The average molecular weight is 354 g/mol. The first-order valence-corrected chi connectivity index (χ1v) is 7.42. The van der Waals surface area contributed by atoms with Gasteiger partial charge in [0.1, 0.15) is 11.3 Å². The number of fused-ring (bicyclic) bond motifs is 1. The molecule has 2 aromatic rings. The van der Waals surface area contributed by atoms with Gasteiger partial charge in [-0.15, -0.1) is 0 Å². The monoisotopic (exact) mass is 353 g/mol. The highest BCUT2D eigenvalue weighted by Crippen LogP contribution is 2.30. The molecule has 2 rings (SSSR count). The summed E-state index contributed by atoms with van der Waals surface area (Å²) in [7, 11) is 0. The second kappa shape index (κ2) is 7.38. The summed E-state index contributed by atoms with van der Waals surface area (Å²) in [4.78, 5) is 16.3. The van der Waals surface area contributed by atoms with Crippen molar-refractivity contribution in [1.29, 1.82) is 0 Å². The lowest BCUT2D eigenvalue weighted by molar-refractivity contribution is 0.0216. The molecule has 0 amide bonds. The molecule has 0 saturated carbocycles. The van der Waals surface area contributed by atoms with Crippen LogP contribution in [0.15, 0.2) is 28.9 Å². The Kier molecular flexibility index (Phi) is 5.52. The summed E-state index contributed by atoms with van der Waals surface area (Å²) in [5.74, 6) is -0.0271. The topological polar surface area (TPSA) is 57.7 Å². The summed E-state index contributed by atoms with van der Waals surface area (Å²) < 4.78 is 16.8. The lowest BCUT2D eigenvalue weighted by Crippen LogP contribution is -2.11. The Hall–Kier alpha value is -1.66. The number of ether oxygens (including phenoxy) is 3. The Labute approximate surface area is 131 Å². The van der Waals surface area contributed by atoms with Crippen LogP contribution >= 0.6 is 15.9 Å². The van der Waals surface area contributed by atoms with Crippen LogP contribution in [-0.4, -0.2) is 31.0 Å². The zero-order valence-electron chi connectivity index (χ0n) is 11.9. The Balaban J connectivity index is 2.48. The molecular weight excluding hydrogens is 338 g/mol. The van der Waals surface area contributed by atoms with Gasteiger partial charge in [-0.05, 0) is 32.0 Å². The van der Waals surface area contributed by atoms with Crippen LogP contribution in [0.5, 0.6) is 5.75 Å². The zero-order valence-corrected chi connectivity index (χ0v) is 13.5. The van der Waals surface area contributed by atoms with Gasteiger partial charge in [0.15, 0.2) is 6.79 Å². The maximum absolute atomic E-state index is 12.0. The zero-order chi connectivity index (χ0) is 15.2. The largest absolute Gasteiger partial charge is 0.466 e. The highest BCUT2D eigenvalue weighted by atomic mass is 79.9. The molecule has 0 aliphatic heterocycles. The number of esters is 1. The van der Waals surface area contributed by atoms with Gasteiger partial charge >= 0.3 is 5.97 Å². The fourth-order valence-electron chi connectivity index (χ4n) is 1.84. The molecule has 112 valence electrons. The number of nitrogens with zero attached hydrogens (tertiary/aromatic N) is 1. The van der Waals surface area contributed by atoms with E-state index in [1.807, 2.05) is 25.1 Å². The number of aromatic nitrogens is 1. The maximum atomic E-state index is 12.0. The second-order valence-corrected chi connectivity index (χ2v) is 5.05. The first-order valence-electron chi connectivity index (χ1n) is 6.63. The molecule has 0 fully saturated rings. The van der Waals surface area contributed by atoms with E-state index in [0.717, 1.165) is 15.4 Å². The second-order valence-electron chi connectivity index (χ2n) is 4.14. The lowest BCUT2D eigenvalue weighted by Gasteiger charge is -2.13. The van der Waals surface area contributed by atoms with Crippen LogP contribution in [0.2, 0.25) is 0 Å². The van der Waals surface area contributed by atoms with Gasteiger partial charge in [-0.3, -0.25) is 4.98 Å². The van der Waals surface area contributed by atoms with Crippen LogP contribution in [0.1, 0.15) is 24.2 Å². The first-order chi connectivity index (χ1) is 10.2. The molecule has 21 heavy (non-hydrogen) atoms. The van der Waals surface area contributed by atoms with E-state index < -0.39 is 5.97 Å². The number of rotatable bonds is 6. The van der Waals surface area contributed by atoms with Crippen LogP contribution in [0.4, 0.5) is 0 Å². The third-order valence-electron chi connectivity index (χ3n) is 2.77. The predicted molar refractivity (Wildman–Crippen MR) is 82.5 cm³/mol. The Bertz CT molecular complexity index is 645. The summed E-state index contributed by atoms with van der Waals surface area (Å²) >= 11 is 3.40. The minimum Gasteiger partial charge on any atom is -0.466 e. The van der Waals surface area contributed by atoms with E-state index in [9.17, 15) is 4.79 Å². The molecule has 1 aromatic heterocycles. The number of pyridine rings is 1. The molecule has 0 atom stereocenters. The molecule has 0 unspecified atom stereocenters. The van der Waals surface area contributed by atoms with Crippen molar-refractivity contribution in [3.63, 3.8) is 0 Å². The van der Waals surface area contributed by atoms with Crippen LogP contribution in [0.3, 0.4) is 0 Å². The predicted octanol–water partition coefficient (Wildman–Crippen LogP) is 3.55. The minimum atomic E-state index is -0.457. The van der Waals surface area contributed by atoms with E-state index >= 15 is 0 Å². The van der Waals surface area contributed by atoms with Crippen molar-refractivity contribution in [1.82, 2.24) is 4.98 Å². The molecule has 0 N–H and O–H groups in total. The molecule has 0 radical (unpaired) electrons. The van der Waals surface area contributed by atoms with Gasteiger partial charge < -0.3 is 14.2 Å². The van der Waals surface area contributed by atoms with Crippen molar-refractivity contribution in [2.75, 3.05) is 20.0 Å². The normalized spacial score (nSPS) is 10.6. The standard InChI is InChI=1S/C15H16BrNO4/c1-3-19-9-21-14-11-6-5-10(16)7-13(11)17-8-12(14)15(18)20-4-2/h5-8H,3-4,9H2,1-2H3. The summed E-state index contributed by atoms with van der Waals surface area (Å²) in [6, 6.07) is 5.57. The lowest BCUT2D eigenvalue weighted by atomic mass is 10.1. The number of carbonyl (C=O) groups is 1. The summed E-state index contributed by atoms with van der Waals surface area (Å²) in [6.07, 6.45) is 1.47. The fraction of sp³-hybridized carbons (Fsp3) is 0.333.